The molecule has 1 aliphatic rings. The van der Waals surface area contributed by atoms with Gasteiger partial charge in [0.1, 0.15) is 5.52 Å². The molecule has 3 heterocycles. The summed E-state index contributed by atoms with van der Waals surface area (Å²) >= 11 is 6.24. The summed E-state index contributed by atoms with van der Waals surface area (Å²) in [6.45, 7) is 3.79. The minimum absolute atomic E-state index is 0. The van der Waals surface area contributed by atoms with Gasteiger partial charge in [0.05, 0.1) is 6.54 Å². The molecule has 0 spiro atoms. The Balaban J connectivity index is 0.00000210. The number of carbonyl (C=O) groups is 1. The summed E-state index contributed by atoms with van der Waals surface area (Å²) in [6.07, 6.45) is 5.19. The Morgan fingerprint density at radius 1 is 1.33 bits per heavy atom. The van der Waals surface area contributed by atoms with E-state index in [-0.39, 0.29) is 43.4 Å². The van der Waals surface area contributed by atoms with Crippen LogP contribution in [0.1, 0.15) is 28.2 Å². The first-order chi connectivity index (χ1) is 12.5. The largest absolute Gasteiger partial charge is 0.476 e. The number of hydrogen-bond donors (Lipinski definition) is 1. The van der Waals surface area contributed by atoms with E-state index in [9.17, 15) is 4.79 Å². The molecular weight excluding hydrogens is 396 g/mol. The number of fused-ring (bicyclic) bond motifs is 1. The molecular formula is C18H17ArClN4O3. The number of carboxylic acids is 1. The number of carboxylic acid groups (broad SMARTS) is 1. The van der Waals surface area contributed by atoms with Crippen molar-refractivity contribution in [2.45, 2.75) is 19.9 Å². The molecule has 0 unspecified atom stereocenters. The first-order valence-electron chi connectivity index (χ1n) is 8.28. The van der Waals surface area contributed by atoms with Gasteiger partial charge in [-0.05, 0) is 25.5 Å². The van der Waals surface area contributed by atoms with Crippen LogP contribution in [0.4, 0.5) is 6.01 Å². The van der Waals surface area contributed by atoms with Crippen molar-refractivity contribution < 1.29 is 52.1 Å². The Hall–Kier alpha value is -1.54. The molecule has 142 valence electrons. The summed E-state index contributed by atoms with van der Waals surface area (Å²) in [7, 11) is 0. The van der Waals surface area contributed by atoms with Crippen LogP contribution in [0.25, 0.3) is 11.1 Å². The molecule has 0 atom stereocenters. The average Bonchev–Trinajstić information content (AvgIpc) is 3.20. The van der Waals surface area contributed by atoms with Crippen molar-refractivity contribution in [3.05, 3.63) is 52.3 Å². The molecule has 2 aromatic heterocycles. The fourth-order valence-electron chi connectivity index (χ4n) is 3.06. The van der Waals surface area contributed by atoms with Crippen LogP contribution in [0.5, 0.6) is 0 Å². The van der Waals surface area contributed by atoms with E-state index in [1.165, 1.54) is 0 Å². The number of nitrogens with zero attached hydrogens (tertiary/aromatic N) is 4. The number of aromatic nitrogens is 3. The number of rotatable bonds is 4. The van der Waals surface area contributed by atoms with Gasteiger partial charge in [-0.3, -0.25) is 4.68 Å². The number of halogens is 1. The normalized spacial score (nSPS) is 13.8. The second-order valence-electron chi connectivity index (χ2n) is 6.25. The molecule has 27 heavy (non-hydrogen) atoms. The van der Waals surface area contributed by atoms with Gasteiger partial charge in [0.25, 0.3) is 6.01 Å². The SMILES string of the molecule is Cc1cc(C(=O)O)nn1Cc1cc(Cl)cc2oc(N3CC=CCC3)nc12.[Ar]. The maximum Gasteiger partial charge on any atom is 0.356 e. The van der Waals surface area contributed by atoms with Crippen molar-refractivity contribution in [2.75, 3.05) is 18.0 Å². The fourth-order valence-corrected chi connectivity index (χ4v) is 3.29. The van der Waals surface area contributed by atoms with Crippen LogP contribution in [0, 0.1) is 44.7 Å². The van der Waals surface area contributed by atoms with Crippen molar-refractivity contribution in [1.29, 1.82) is 0 Å². The second kappa shape index (κ2) is 8.22. The quantitative estimate of drug-likeness (QED) is 0.660. The van der Waals surface area contributed by atoms with Crippen LogP contribution in [-0.2, 0) is 6.54 Å². The number of hydrogen-bond acceptors (Lipinski definition) is 5. The van der Waals surface area contributed by atoms with E-state index < -0.39 is 5.97 Å². The van der Waals surface area contributed by atoms with Gasteiger partial charge in [0.2, 0.25) is 0 Å². The van der Waals surface area contributed by atoms with E-state index in [1.54, 1.807) is 16.8 Å². The Morgan fingerprint density at radius 3 is 2.81 bits per heavy atom. The van der Waals surface area contributed by atoms with Gasteiger partial charge in [0, 0.05) is 73.2 Å². The monoisotopic (exact) mass is 412 g/mol. The van der Waals surface area contributed by atoms with Crippen LogP contribution in [-0.4, -0.2) is 38.9 Å². The van der Waals surface area contributed by atoms with Gasteiger partial charge in [0.15, 0.2) is 11.3 Å². The minimum atomic E-state index is -1.05. The minimum Gasteiger partial charge on any atom is -0.476 e. The third-order valence-electron chi connectivity index (χ3n) is 4.38. The number of aryl methyl sites for hydroxylation is 1. The third kappa shape index (κ3) is 4.16. The number of aromatic carboxylic acids is 1. The van der Waals surface area contributed by atoms with Crippen LogP contribution in [0.3, 0.4) is 0 Å². The first-order valence-corrected chi connectivity index (χ1v) is 8.66. The molecule has 1 aliphatic heterocycles. The topological polar surface area (TPSA) is 84.4 Å². The summed E-state index contributed by atoms with van der Waals surface area (Å²) in [6, 6.07) is 5.66. The van der Waals surface area contributed by atoms with Crippen LogP contribution in [0.2, 0.25) is 5.02 Å². The Labute approximate surface area is 190 Å². The fraction of sp³-hybridized carbons (Fsp3) is 0.278. The van der Waals surface area contributed by atoms with Gasteiger partial charge in [-0.1, -0.05) is 23.8 Å². The van der Waals surface area contributed by atoms with E-state index >= 15 is 0 Å². The summed E-state index contributed by atoms with van der Waals surface area (Å²) in [5.41, 5.74) is 2.92. The van der Waals surface area contributed by atoms with E-state index in [0.29, 0.717) is 28.7 Å². The first kappa shape index (κ1) is 20.2. The smallest absolute Gasteiger partial charge is 0.356 e. The van der Waals surface area contributed by atoms with Crippen molar-refractivity contribution in [1.82, 2.24) is 14.8 Å². The summed E-state index contributed by atoms with van der Waals surface area (Å²) in [5.74, 6) is -1.05. The molecule has 1 N–H and O–H groups in total. The van der Waals surface area contributed by atoms with E-state index in [2.05, 4.69) is 27.1 Å². The van der Waals surface area contributed by atoms with Gasteiger partial charge in [-0.15, -0.1) is 0 Å². The number of benzene rings is 1. The van der Waals surface area contributed by atoms with Gasteiger partial charge in [-0.25, -0.2) is 4.79 Å². The molecule has 0 aliphatic carbocycles. The maximum absolute atomic E-state index is 11.1. The van der Waals surface area contributed by atoms with Crippen LogP contribution >= 0.6 is 11.6 Å². The summed E-state index contributed by atoms with van der Waals surface area (Å²) in [5, 5.41) is 13.8. The average molecular weight is 413 g/mol. The Bertz CT molecular complexity index is 1030. The molecule has 0 saturated heterocycles. The maximum atomic E-state index is 11.1. The molecule has 0 bridgehead atoms. The standard InChI is InChI=1S/C18H17ClN4O3.Ar/c1-11-7-14(17(24)25)21-23(11)10-12-8-13(19)9-15-16(12)20-18(26-15)22-5-3-2-4-6-22;/h2-3,7-9H,4-6,10H2,1H3,(H,24,25);. The zero-order valence-corrected chi connectivity index (χ0v) is 16.0. The molecule has 3 aromatic rings. The van der Waals surface area contributed by atoms with Gasteiger partial charge < -0.3 is 14.4 Å². The Morgan fingerprint density at radius 2 is 2.15 bits per heavy atom. The van der Waals surface area contributed by atoms with Gasteiger partial charge in [-0.2, -0.15) is 10.1 Å². The predicted molar refractivity (Wildman–Crippen MR) is 98.0 cm³/mol. The summed E-state index contributed by atoms with van der Waals surface area (Å²) in [4.78, 5) is 17.9. The summed E-state index contributed by atoms with van der Waals surface area (Å²) < 4.78 is 7.54. The molecule has 0 radical (unpaired) electrons. The Kier molecular flexibility index (Phi) is 6.15. The van der Waals surface area contributed by atoms with Crippen LogP contribution in [0.15, 0.2) is 34.8 Å². The van der Waals surface area contributed by atoms with Crippen molar-refractivity contribution in [2.24, 2.45) is 0 Å². The molecule has 9 heteroatoms. The zero-order valence-electron chi connectivity index (χ0n) is 14.5. The molecule has 4 rings (SSSR count). The third-order valence-corrected chi connectivity index (χ3v) is 4.59. The molecule has 0 saturated carbocycles. The molecule has 0 amide bonds. The van der Waals surface area contributed by atoms with E-state index in [1.807, 2.05) is 13.0 Å². The number of oxazole rings is 1. The second-order valence-corrected chi connectivity index (χ2v) is 6.68. The number of anilines is 1. The predicted octanol–water partition coefficient (Wildman–Crippen LogP) is 3.50. The van der Waals surface area contributed by atoms with E-state index in [0.717, 1.165) is 30.8 Å². The van der Waals surface area contributed by atoms with Gasteiger partial charge >= 0.3 is 5.97 Å². The van der Waals surface area contributed by atoms with E-state index in [4.69, 9.17) is 21.1 Å². The zero-order chi connectivity index (χ0) is 18.3. The molecule has 7 nitrogen and oxygen atoms in total. The van der Waals surface area contributed by atoms with Crippen LogP contribution < -0.4 is 4.90 Å². The molecule has 0 fully saturated rings. The van der Waals surface area contributed by atoms with Crippen molar-refractivity contribution >= 4 is 34.7 Å². The molecule has 1 aromatic carbocycles. The van der Waals surface area contributed by atoms with Crippen molar-refractivity contribution in [3.63, 3.8) is 0 Å². The van der Waals surface area contributed by atoms with Crippen molar-refractivity contribution in [3.8, 4) is 0 Å².